The number of nitrogens with one attached hydrogen (secondary N) is 1. The Labute approximate surface area is 89.2 Å². The summed E-state index contributed by atoms with van der Waals surface area (Å²) in [4.78, 5) is 0. The Morgan fingerprint density at radius 3 is 2.27 bits per heavy atom. The van der Waals surface area contributed by atoms with Gasteiger partial charge in [-0.25, -0.2) is 0 Å². The van der Waals surface area contributed by atoms with Crippen LogP contribution in [-0.2, 0) is 4.74 Å². The minimum absolute atomic E-state index is 0.0142. The van der Waals surface area contributed by atoms with Gasteiger partial charge in [-0.15, -0.1) is 0 Å². The molecule has 2 nitrogen and oxygen atoms in total. The molecule has 0 aliphatic carbocycles. The van der Waals surface area contributed by atoms with Crippen molar-refractivity contribution in [3.63, 3.8) is 0 Å². The predicted molar refractivity (Wildman–Crippen MR) is 53.8 cm³/mol. The van der Waals surface area contributed by atoms with Crippen LogP contribution in [0.15, 0.2) is 0 Å². The first-order valence-corrected chi connectivity index (χ1v) is 5.12. The lowest BCUT2D eigenvalue weighted by Gasteiger charge is -2.27. The molecule has 0 aromatic rings. The number of hydrogen-bond acceptors (Lipinski definition) is 2. The highest BCUT2D eigenvalue weighted by atomic mass is 19.4. The maximum Gasteiger partial charge on any atom is 0.411 e. The molecule has 0 aromatic heterocycles. The topological polar surface area (TPSA) is 21.3 Å². The van der Waals surface area contributed by atoms with Crippen molar-refractivity contribution in [2.75, 3.05) is 26.8 Å². The summed E-state index contributed by atoms with van der Waals surface area (Å²) in [6.45, 7) is 3.87. The highest BCUT2D eigenvalue weighted by Crippen LogP contribution is 2.25. The number of alkyl halides is 3. The fraction of sp³-hybridized carbons (Fsp3) is 1.00. The van der Waals surface area contributed by atoms with Crippen molar-refractivity contribution in [3.8, 4) is 0 Å². The van der Waals surface area contributed by atoms with E-state index in [1.165, 1.54) is 0 Å². The first-order valence-electron chi connectivity index (χ1n) is 5.12. The minimum Gasteiger partial charge on any atom is -0.372 e. The Bertz CT molecular complexity index is 173. The Morgan fingerprint density at radius 2 is 1.87 bits per heavy atom. The minimum atomic E-state index is -4.22. The van der Waals surface area contributed by atoms with E-state index in [2.05, 4.69) is 10.1 Å². The van der Waals surface area contributed by atoms with Crippen molar-refractivity contribution in [2.24, 2.45) is 5.41 Å². The van der Waals surface area contributed by atoms with Crippen molar-refractivity contribution in [1.82, 2.24) is 5.32 Å². The van der Waals surface area contributed by atoms with Crippen molar-refractivity contribution in [3.05, 3.63) is 0 Å². The van der Waals surface area contributed by atoms with Crippen LogP contribution in [0.3, 0.4) is 0 Å². The van der Waals surface area contributed by atoms with Crippen LogP contribution in [-0.4, -0.2) is 33.0 Å². The molecule has 15 heavy (non-hydrogen) atoms. The van der Waals surface area contributed by atoms with Gasteiger partial charge in [0.25, 0.3) is 0 Å². The molecule has 0 amide bonds. The molecule has 0 bridgehead atoms. The molecular weight excluding hydrogens is 207 g/mol. The molecule has 1 atom stereocenters. The molecule has 0 aromatic carbocycles. The van der Waals surface area contributed by atoms with E-state index in [0.29, 0.717) is 6.42 Å². The first-order chi connectivity index (χ1) is 6.83. The molecule has 0 radical (unpaired) electrons. The third kappa shape index (κ3) is 7.62. The van der Waals surface area contributed by atoms with Crippen molar-refractivity contribution in [2.45, 2.75) is 32.9 Å². The van der Waals surface area contributed by atoms with Crippen LogP contribution in [0.25, 0.3) is 0 Å². The van der Waals surface area contributed by atoms with Gasteiger partial charge in [-0.1, -0.05) is 13.8 Å². The molecule has 0 fully saturated rings. The quantitative estimate of drug-likeness (QED) is 0.675. The molecule has 92 valence electrons. The lowest BCUT2D eigenvalue weighted by atomic mass is 9.84. The van der Waals surface area contributed by atoms with E-state index in [-0.39, 0.29) is 12.0 Å². The molecule has 0 aliphatic rings. The predicted octanol–water partition coefficient (Wildman–Crippen LogP) is 2.59. The van der Waals surface area contributed by atoms with Crippen LogP contribution < -0.4 is 5.32 Å². The van der Waals surface area contributed by atoms with Crippen LogP contribution >= 0.6 is 0 Å². The van der Waals surface area contributed by atoms with E-state index in [1.807, 2.05) is 20.9 Å². The maximum absolute atomic E-state index is 11.8. The van der Waals surface area contributed by atoms with Gasteiger partial charge in [0.15, 0.2) is 0 Å². The normalized spacial score (nSPS) is 16.4. The van der Waals surface area contributed by atoms with E-state index in [4.69, 9.17) is 0 Å². The van der Waals surface area contributed by atoms with E-state index >= 15 is 0 Å². The summed E-state index contributed by atoms with van der Waals surface area (Å²) in [5, 5.41) is 3.04. The van der Waals surface area contributed by atoms with Gasteiger partial charge < -0.3 is 10.1 Å². The summed E-state index contributed by atoms with van der Waals surface area (Å²) < 4.78 is 39.9. The van der Waals surface area contributed by atoms with Gasteiger partial charge in [-0.3, -0.25) is 0 Å². The summed E-state index contributed by atoms with van der Waals surface area (Å²) >= 11 is 0. The van der Waals surface area contributed by atoms with Gasteiger partial charge in [0.05, 0.1) is 0 Å². The third-order valence-electron chi connectivity index (χ3n) is 2.57. The number of ether oxygens (including phenoxy) is 1. The van der Waals surface area contributed by atoms with E-state index in [9.17, 15) is 13.2 Å². The summed E-state index contributed by atoms with van der Waals surface area (Å²) in [6.07, 6.45) is -2.66. The van der Waals surface area contributed by atoms with Crippen LogP contribution in [0, 0.1) is 5.41 Å². The molecule has 0 rings (SSSR count). The Kier molecular flexibility index (Phi) is 6.20. The van der Waals surface area contributed by atoms with Gasteiger partial charge in [0.2, 0.25) is 0 Å². The zero-order valence-corrected chi connectivity index (χ0v) is 9.58. The largest absolute Gasteiger partial charge is 0.411 e. The Hall–Kier alpha value is -0.290. The molecule has 0 saturated heterocycles. The van der Waals surface area contributed by atoms with E-state index in [0.717, 1.165) is 13.0 Å². The standard InChI is InChI=1S/C10H20F3NO/c1-4-9(2,7-14-3)5-6-15-8-10(11,12)13/h14H,4-8H2,1-3H3. The average molecular weight is 227 g/mol. The summed E-state index contributed by atoms with van der Waals surface area (Å²) in [6, 6.07) is 0. The van der Waals surface area contributed by atoms with Crippen LogP contribution in [0.1, 0.15) is 26.7 Å². The van der Waals surface area contributed by atoms with E-state index in [1.54, 1.807) is 0 Å². The molecule has 1 N–H and O–H groups in total. The van der Waals surface area contributed by atoms with Crippen molar-refractivity contribution in [1.29, 1.82) is 0 Å². The molecule has 0 aliphatic heterocycles. The highest BCUT2D eigenvalue weighted by Gasteiger charge is 2.28. The summed E-state index contributed by atoms with van der Waals surface area (Å²) in [7, 11) is 1.84. The fourth-order valence-electron chi connectivity index (χ4n) is 1.32. The van der Waals surface area contributed by atoms with Crippen LogP contribution in [0.5, 0.6) is 0 Å². The summed E-state index contributed by atoms with van der Waals surface area (Å²) in [5.41, 5.74) is 0.0142. The SMILES string of the molecule is CCC(C)(CCOCC(F)(F)F)CNC. The number of halogens is 3. The van der Waals surface area contributed by atoms with Gasteiger partial charge in [-0.05, 0) is 25.3 Å². The zero-order valence-electron chi connectivity index (χ0n) is 9.58. The molecule has 0 heterocycles. The summed E-state index contributed by atoms with van der Waals surface area (Å²) in [5.74, 6) is 0. The lowest BCUT2D eigenvalue weighted by molar-refractivity contribution is -0.175. The Morgan fingerprint density at radius 1 is 1.27 bits per heavy atom. The zero-order chi connectivity index (χ0) is 11.9. The van der Waals surface area contributed by atoms with Crippen LogP contribution in [0.4, 0.5) is 13.2 Å². The number of hydrogen-bond donors (Lipinski definition) is 1. The van der Waals surface area contributed by atoms with Crippen molar-refractivity contribution >= 4 is 0 Å². The smallest absolute Gasteiger partial charge is 0.372 e. The van der Waals surface area contributed by atoms with Crippen molar-refractivity contribution < 1.29 is 17.9 Å². The fourth-order valence-corrected chi connectivity index (χ4v) is 1.32. The maximum atomic E-state index is 11.8. The van der Waals surface area contributed by atoms with Gasteiger partial charge in [0, 0.05) is 13.2 Å². The second-order valence-corrected chi connectivity index (χ2v) is 4.11. The molecule has 0 saturated carbocycles. The van der Waals surface area contributed by atoms with Crippen LogP contribution in [0.2, 0.25) is 0 Å². The first kappa shape index (κ1) is 14.7. The second kappa shape index (κ2) is 6.33. The van der Waals surface area contributed by atoms with Gasteiger partial charge >= 0.3 is 6.18 Å². The third-order valence-corrected chi connectivity index (χ3v) is 2.57. The monoisotopic (exact) mass is 227 g/mol. The average Bonchev–Trinajstić information content (AvgIpc) is 2.12. The van der Waals surface area contributed by atoms with Gasteiger partial charge in [-0.2, -0.15) is 13.2 Å². The lowest BCUT2D eigenvalue weighted by Crippen LogP contribution is -2.31. The molecular formula is C10H20F3NO. The molecule has 1 unspecified atom stereocenters. The molecule has 0 spiro atoms. The number of rotatable bonds is 7. The second-order valence-electron chi connectivity index (χ2n) is 4.11. The Balaban J connectivity index is 3.73. The van der Waals surface area contributed by atoms with E-state index < -0.39 is 12.8 Å². The highest BCUT2D eigenvalue weighted by molar-refractivity contribution is 4.74. The molecule has 5 heteroatoms. The van der Waals surface area contributed by atoms with Gasteiger partial charge in [0.1, 0.15) is 6.61 Å².